The SMILES string of the molecule is Nc1cnc2ccc(Br)cc2c1Nc1cc(F)ccc1F. The summed E-state index contributed by atoms with van der Waals surface area (Å²) < 4.78 is 27.9. The third kappa shape index (κ3) is 2.67. The van der Waals surface area contributed by atoms with E-state index in [0.717, 1.165) is 22.7 Å². The maximum atomic E-state index is 13.8. The molecule has 3 nitrogen and oxygen atoms in total. The van der Waals surface area contributed by atoms with Crippen LogP contribution in [0.25, 0.3) is 10.9 Å². The molecular weight excluding hydrogens is 340 g/mol. The van der Waals surface area contributed by atoms with Crippen molar-refractivity contribution in [3.63, 3.8) is 0 Å². The third-order valence-electron chi connectivity index (χ3n) is 3.05. The van der Waals surface area contributed by atoms with Gasteiger partial charge in [-0.25, -0.2) is 8.78 Å². The van der Waals surface area contributed by atoms with E-state index in [2.05, 4.69) is 26.2 Å². The van der Waals surface area contributed by atoms with Gasteiger partial charge in [-0.2, -0.15) is 0 Å². The molecule has 0 saturated carbocycles. The van der Waals surface area contributed by atoms with Gasteiger partial charge in [0.25, 0.3) is 0 Å². The fraction of sp³-hybridized carbons (Fsp3) is 0. The van der Waals surface area contributed by atoms with Crippen LogP contribution in [0.5, 0.6) is 0 Å². The zero-order chi connectivity index (χ0) is 15.0. The van der Waals surface area contributed by atoms with E-state index < -0.39 is 11.6 Å². The van der Waals surface area contributed by atoms with Crippen molar-refractivity contribution in [1.82, 2.24) is 4.98 Å². The summed E-state index contributed by atoms with van der Waals surface area (Å²) in [6.07, 6.45) is 1.48. The minimum Gasteiger partial charge on any atom is -0.396 e. The number of hydrogen-bond acceptors (Lipinski definition) is 3. The Labute approximate surface area is 127 Å². The predicted molar refractivity (Wildman–Crippen MR) is 83.5 cm³/mol. The number of halogens is 3. The molecule has 21 heavy (non-hydrogen) atoms. The lowest BCUT2D eigenvalue weighted by Gasteiger charge is -2.13. The molecule has 0 radical (unpaired) electrons. The first-order chi connectivity index (χ1) is 10.0. The van der Waals surface area contributed by atoms with Crippen molar-refractivity contribution in [3.8, 4) is 0 Å². The summed E-state index contributed by atoms with van der Waals surface area (Å²) in [7, 11) is 0. The first kappa shape index (κ1) is 13.8. The highest BCUT2D eigenvalue weighted by molar-refractivity contribution is 9.10. The smallest absolute Gasteiger partial charge is 0.146 e. The highest BCUT2D eigenvalue weighted by Gasteiger charge is 2.11. The first-order valence-corrected chi connectivity index (χ1v) is 6.90. The molecule has 3 aromatic rings. The first-order valence-electron chi connectivity index (χ1n) is 6.10. The van der Waals surface area contributed by atoms with Crippen LogP contribution in [0.1, 0.15) is 0 Å². The summed E-state index contributed by atoms with van der Waals surface area (Å²) in [4.78, 5) is 4.21. The summed E-state index contributed by atoms with van der Waals surface area (Å²) in [5.41, 5.74) is 7.48. The molecule has 0 atom stereocenters. The summed E-state index contributed by atoms with van der Waals surface area (Å²) in [5.74, 6) is -1.09. The lowest BCUT2D eigenvalue weighted by Crippen LogP contribution is -2.01. The lowest BCUT2D eigenvalue weighted by molar-refractivity contribution is 0.603. The number of pyridine rings is 1. The highest BCUT2D eigenvalue weighted by atomic mass is 79.9. The number of hydrogen-bond donors (Lipinski definition) is 2. The molecule has 6 heteroatoms. The number of anilines is 3. The van der Waals surface area contributed by atoms with Gasteiger partial charge in [0.15, 0.2) is 0 Å². The second-order valence-electron chi connectivity index (χ2n) is 4.50. The van der Waals surface area contributed by atoms with Gasteiger partial charge in [0, 0.05) is 15.9 Å². The van der Waals surface area contributed by atoms with Crippen molar-refractivity contribution < 1.29 is 8.78 Å². The van der Waals surface area contributed by atoms with Crippen molar-refractivity contribution in [2.45, 2.75) is 0 Å². The molecule has 3 rings (SSSR count). The number of nitrogen functional groups attached to an aromatic ring is 1. The number of rotatable bonds is 2. The number of nitrogens with one attached hydrogen (secondary N) is 1. The molecule has 0 amide bonds. The topological polar surface area (TPSA) is 50.9 Å². The van der Waals surface area contributed by atoms with E-state index in [1.807, 2.05) is 18.2 Å². The van der Waals surface area contributed by atoms with Crippen molar-refractivity contribution in [2.75, 3.05) is 11.1 Å². The Hall–Kier alpha value is -2.21. The molecule has 106 valence electrons. The monoisotopic (exact) mass is 349 g/mol. The Morgan fingerprint density at radius 2 is 1.90 bits per heavy atom. The highest BCUT2D eigenvalue weighted by Crippen LogP contribution is 2.33. The largest absolute Gasteiger partial charge is 0.396 e. The molecule has 0 aliphatic carbocycles. The van der Waals surface area contributed by atoms with Gasteiger partial charge in [-0.05, 0) is 30.3 Å². The fourth-order valence-electron chi connectivity index (χ4n) is 2.05. The van der Waals surface area contributed by atoms with Crippen molar-refractivity contribution in [3.05, 3.63) is 58.7 Å². The molecular formula is C15H10BrF2N3. The van der Waals surface area contributed by atoms with Crippen LogP contribution in [0.15, 0.2) is 47.1 Å². The summed E-state index contributed by atoms with van der Waals surface area (Å²) in [6.45, 7) is 0. The summed E-state index contributed by atoms with van der Waals surface area (Å²) in [5, 5.41) is 3.57. The second-order valence-corrected chi connectivity index (χ2v) is 5.41. The van der Waals surface area contributed by atoms with Crippen LogP contribution in [0.3, 0.4) is 0 Å². The molecule has 0 bridgehead atoms. The van der Waals surface area contributed by atoms with Gasteiger partial charge in [-0.15, -0.1) is 0 Å². The number of fused-ring (bicyclic) bond motifs is 1. The molecule has 3 N–H and O–H groups in total. The average Bonchev–Trinajstić information content (AvgIpc) is 2.46. The van der Waals surface area contributed by atoms with Gasteiger partial charge < -0.3 is 11.1 Å². The van der Waals surface area contributed by atoms with E-state index in [1.165, 1.54) is 6.20 Å². The summed E-state index contributed by atoms with van der Waals surface area (Å²) in [6, 6.07) is 8.68. The molecule has 2 aromatic carbocycles. The fourth-order valence-corrected chi connectivity index (χ4v) is 2.41. The van der Waals surface area contributed by atoms with E-state index in [1.54, 1.807) is 0 Å². The molecule has 0 aliphatic rings. The Kier molecular flexibility index (Phi) is 3.47. The van der Waals surface area contributed by atoms with E-state index in [9.17, 15) is 8.78 Å². The van der Waals surface area contributed by atoms with Crippen LogP contribution in [0, 0.1) is 11.6 Å². The van der Waals surface area contributed by atoms with Gasteiger partial charge in [0.2, 0.25) is 0 Å². The van der Waals surface area contributed by atoms with Gasteiger partial charge in [-0.1, -0.05) is 15.9 Å². The van der Waals surface area contributed by atoms with E-state index in [0.29, 0.717) is 22.3 Å². The Balaban J connectivity index is 2.17. The Bertz CT molecular complexity index is 831. The normalized spacial score (nSPS) is 10.8. The van der Waals surface area contributed by atoms with Crippen molar-refractivity contribution >= 4 is 43.9 Å². The Morgan fingerprint density at radius 3 is 2.71 bits per heavy atom. The molecule has 0 spiro atoms. The molecule has 0 saturated heterocycles. The zero-order valence-corrected chi connectivity index (χ0v) is 12.3. The lowest BCUT2D eigenvalue weighted by atomic mass is 10.1. The maximum Gasteiger partial charge on any atom is 0.146 e. The van der Waals surface area contributed by atoms with E-state index >= 15 is 0 Å². The van der Waals surface area contributed by atoms with Gasteiger partial charge in [0.05, 0.1) is 28.8 Å². The number of aromatic nitrogens is 1. The van der Waals surface area contributed by atoms with Crippen LogP contribution >= 0.6 is 15.9 Å². The van der Waals surface area contributed by atoms with Crippen LogP contribution in [-0.4, -0.2) is 4.98 Å². The average molecular weight is 350 g/mol. The van der Waals surface area contributed by atoms with Gasteiger partial charge in [-0.3, -0.25) is 4.98 Å². The van der Waals surface area contributed by atoms with Crippen molar-refractivity contribution in [1.29, 1.82) is 0 Å². The predicted octanol–water partition coefficient (Wildman–Crippen LogP) is 4.60. The van der Waals surface area contributed by atoms with Crippen molar-refractivity contribution in [2.24, 2.45) is 0 Å². The Morgan fingerprint density at radius 1 is 1.10 bits per heavy atom. The summed E-state index contributed by atoms with van der Waals surface area (Å²) >= 11 is 3.37. The molecule has 0 fully saturated rings. The van der Waals surface area contributed by atoms with Crippen LogP contribution < -0.4 is 11.1 Å². The minimum atomic E-state index is -0.559. The number of nitrogens with zero attached hydrogens (tertiary/aromatic N) is 1. The van der Waals surface area contributed by atoms with Gasteiger partial charge in [0.1, 0.15) is 11.6 Å². The zero-order valence-electron chi connectivity index (χ0n) is 10.7. The molecule has 0 unspecified atom stereocenters. The number of benzene rings is 2. The maximum absolute atomic E-state index is 13.8. The quantitative estimate of drug-likeness (QED) is 0.710. The van der Waals surface area contributed by atoms with Crippen LogP contribution in [0.2, 0.25) is 0 Å². The van der Waals surface area contributed by atoms with E-state index in [4.69, 9.17) is 5.73 Å². The second kappa shape index (κ2) is 5.29. The molecule has 0 aliphatic heterocycles. The standard InChI is InChI=1S/C15H10BrF2N3/c16-8-1-4-13-10(5-8)15(12(19)7-20-13)21-14-6-9(17)2-3-11(14)18/h1-7H,19H2,(H,20,21). The van der Waals surface area contributed by atoms with E-state index in [-0.39, 0.29) is 5.69 Å². The minimum absolute atomic E-state index is 0.0224. The van der Waals surface area contributed by atoms with Gasteiger partial charge >= 0.3 is 0 Å². The molecule has 1 heterocycles. The molecule has 1 aromatic heterocycles. The van der Waals surface area contributed by atoms with Crippen LogP contribution in [0.4, 0.5) is 25.8 Å². The van der Waals surface area contributed by atoms with Crippen LogP contribution in [-0.2, 0) is 0 Å². The number of nitrogens with two attached hydrogens (primary N) is 1. The third-order valence-corrected chi connectivity index (χ3v) is 3.54.